The quantitative estimate of drug-likeness (QED) is 0.665. The van der Waals surface area contributed by atoms with E-state index in [9.17, 15) is 0 Å². The van der Waals surface area contributed by atoms with Gasteiger partial charge in [0.1, 0.15) is 5.82 Å². The van der Waals surface area contributed by atoms with Crippen LogP contribution in [0.15, 0.2) is 36.5 Å². The maximum absolute atomic E-state index is 5.11. The molecular weight excluding hydrogens is 396 g/mol. The molecule has 2 atom stereocenters. The first-order valence-corrected chi connectivity index (χ1v) is 12.1. The summed E-state index contributed by atoms with van der Waals surface area (Å²) >= 11 is 0. The number of benzene rings is 1. The third-order valence-electron chi connectivity index (χ3n) is 8.30. The third-order valence-corrected chi connectivity index (χ3v) is 8.30. The lowest BCUT2D eigenvalue weighted by molar-refractivity contribution is 0.107. The van der Waals surface area contributed by atoms with E-state index < -0.39 is 0 Å². The number of anilines is 1. The minimum atomic E-state index is 0.290. The minimum Gasteiger partial charge on any atom is -0.367 e. The van der Waals surface area contributed by atoms with Crippen molar-refractivity contribution in [2.45, 2.75) is 56.7 Å². The highest BCUT2D eigenvalue weighted by Crippen LogP contribution is 2.45. The van der Waals surface area contributed by atoms with E-state index in [1.165, 1.54) is 41.7 Å². The van der Waals surface area contributed by atoms with E-state index in [4.69, 9.17) is 9.97 Å². The number of likely N-dealkylation sites (N-methyl/N-ethyl adjacent to an activating group) is 1. The van der Waals surface area contributed by atoms with Gasteiger partial charge >= 0.3 is 0 Å². The highest BCUT2D eigenvalue weighted by atomic mass is 15.3. The first kappa shape index (κ1) is 20.2. The number of likely N-dealkylation sites (tertiary alicyclic amines) is 1. The van der Waals surface area contributed by atoms with Gasteiger partial charge in [0.15, 0.2) is 0 Å². The SMILES string of the molecule is Cc1cccnc1[C@@H]1CCC[C@H](c2nc3cccc(N4CCN(C)C5(CC5)C4)c3[nH]2)N1C. The topological polar surface area (TPSA) is 51.3 Å². The molecule has 0 unspecified atom stereocenters. The molecule has 3 aliphatic rings. The summed E-state index contributed by atoms with van der Waals surface area (Å²) in [5.41, 5.74) is 6.50. The fraction of sp³-hybridized carbons (Fsp3) is 0.538. The summed E-state index contributed by atoms with van der Waals surface area (Å²) in [4.78, 5) is 21.3. The van der Waals surface area contributed by atoms with Crippen LogP contribution in [0.25, 0.3) is 11.0 Å². The molecule has 0 amide bonds. The van der Waals surface area contributed by atoms with Gasteiger partial charge in [0.2, 0.25) is 0 Å². The number of hydrogen-bond acceptors (Lipinski definition) is 5. The standard InChI is InChI=1S/C26H34N6/c1-18-7-6-14-27-23(18)20-9-5-11-22(31(20)3)25-28-19-8-4-10-21(24(19)29-25)32-16-15-30(2)26(17-32)12-13-26/h4,6-8,10,14,20,22H,5,9,11-13,15-17H2,1-3H3,(H,28,29)/t20-,22+/m0/s1. The Morgan fingerprint density at radius 2 is 1.88 bits per heavy atom. The predicted octanol–water partition coefficient (Wildman–Crippen LogP) is 4.45. The molecule has 6 heteroatoms. The Hall–Kier alpha value is -2.44. The molecule has 3 fully saturated rings. The van der Waals surface area contributed by atoms with Gasteiger partial charge in [-0.2, -0.15) is 0 Å². The molecule has 1 N–H and O–H groups in total. The van der Waals surface area contributed by atoms with Gasteiger partial charge in [-0.1, -0.05) is 12.1 Å². The third kappa shape index (κ3) is 3.23. The normalized spacial score (nSPS) is 26.2. The number of para-hydroxylation sites is 1. The van der Waals surface area contributed by atoms with Crippen molar-refractivity contribution >= 4 is 16.7 Å². The molecule has 1 spiro atoms. The van der Waals surface area contributed by atoms with Crippen LogP contribution in [0.4, 0.5) is 5.69 Å². The Morgan fingerprint density at radius 1 is 1.03 bits per heavy atom. The number of pyridine rings is 1. The summed E-state index contributed by atoms with van der Waals surface area (Å²) in [5, 5.41) is 0. The molecule has 0 bridgehead atoms. The Kier molecular flexibility index (Phi) is 4.77. The van der Waals surface area contributed by atoms with Crippen LogP contribution >= 0.6 is 0 Å². The first-order valence-electron chi connectivity index (χ1n) is 12.1. The van der Waals surface area contributed by atoms with E-state index in [-0.39, 0.29) is 6.04 Å². The van der Waals surface area contributed by atoms with Crippen LogP contribution in [0.2, 0.25) is 0 Å². The van der Waals surface area contributed by atoms with Gasteiger partial charge in [-0.25, -0.2) is 4.98 Å². The molecule has 32 heavy (non-hydrogen) atoms. The number of nitrogens with one attached hydrogen (secondary N) is 1. The van der Waals surface area contributed by atoms with Gasteiger partial charge in [0, 0.05) is 31.4 Å². The number of aromatic amines is 1. The molecule has 1 aliphatic carbocycles. The fourth-order valence-electron chi connectivity index (χ4n) is 6.04. The number of hydrogen-bond donors (Lipinski definition) is 1. The van der Waals surface area contributed by atoms with Crippen molar-refractivity contribution in [2.75, 3.05) is 38.6 Å². The molecule has 2 aliphatic heterocycles. The monoisotopic (exact) mass is 430 g/mol. The van der Waals surface area contributed by atoms with Crippen molar-refractivity contribution in [3.8, 4) is 0 Å². The van der Waals surface area contributed by atoms with Crippen LogP contribution in [0.3, 0.4) is 0 Å². The van der Waals surface area contributed by atoms with Gasteiger partial charge in [0.25, 0.3) is 0 Å². The van der Waals surface area contributed by atoms with Gasteiger partial charge in [-0.05, 0) is 76.9 Å². The highest BCUT2D eigenvalue weighted by Gasteiger charge is 2.49. The second-order valence-corrected chi connectivity index (χ2v) is 10.2. The van der Waals surface area contributed by atoms with E-state index in [0.717, 1.165) is 43.8 Å². The average Bonchev–Trinajstić information content (AvgIpc) is 3.43. The molecule has 6 rings (SSSR count). The second-order valence-electron chi connectivity index (χ2n) is 10.2. The maximum atomic E-state index is 5.11. The Morgan fingerprint density at radius 3 is 2.69 bits per heavy atom. The van der Waals surface area contributed by atoms with Gasteiger partial charge < -0.3 is 9.88 Å². The molecule has 1 saturated carbocycles. The molecule has 2 aromatic heterocycles. The maximum Gasteiger partial charge on any atom is 0.124 e. The lowest BCUT2D eigenvalue weighted by Crippen LogP contribution is -2.53. The van der Waals surface area contributed by atoms with Crippen LogP contribution in [-0.2, 0) is 0 Å². The summed E-state index contributed by atoms with van der Waals surface area (Å²) in [6.07, 6.45) is 8.05. The van der Waals surface area contributed by atoms with Gasteiger partial charge in [-0.3, -0.25) is 14.8 Å². The number of piperidine rings is 1. The summed E-state index contributed by atoms with van der Waals surface area (Å²) < 4.78 is 0. The van der Waals surface area contributed by atoms with Crippen molar-refractivity contribution in [1.82, 2.24) is 24.8 Å². The number of piperazine rings is 1. The first-order chi connectivity index (χ1) is 15.6. The number of fused-ring (bicyclic) bond motifs is 1. The zero-order valence-corrected chi connectivity index (χ0v) is 19.5. The van der Waals surface area contributed by atoms with E-state index in [0.29, 0.717) is 11.6 Å². The van der Waals surface area contributed by atoms with E-state index in [1.807, 2.05) is 12.3 Å². The zero-order valence-electron chi connectivity index (χ0n) is 19.5. The molecule has 1 aromatic carbocycles. The van der Waals surface area contributed by atoms with E-state index in [1.54, 1.807) is 0 Å². The summed E-state index contributed by atoms with van der Waals surface area (Å²) in [5.74, 6) is 1.10. The lowest BCUT2D eigenvalue weighted by Gasteiger charge is -2.41. The number of nitrogens with zero attached hydrogens (tertiary/aromatic N) is 5. The van der Waals surface area contributed by atoms with Gasteiger partial charge in [-0.15, -0.1) is 0 Å². The number of imidazole rings is 1. The number of aromatic nitrogens is 3. The molecule has 168 valence electrons. The molecule has 2 saturated heterocycles. The second kappa shape index (κ2) is 7.56. The zero-order chi connectivity index (χ0) is 21.9. The van der Waals surface area contributed by atoms with Crippen molar-refractivity contribution in [1.29, 1.82) is 0 Å². The lowest BCUT2D eigenvalue weighted by atomic mass is 9.92. The number of H-pyrrole nitrogens is 1. The van der Waals surface area contributed by atoms with Crippen LogP contribution in [0.5, 0.6) is 0 Å². The Balaban J connectivity index is 1.32. The summed E-state index contributed by atoms with van der Waals surface area (Å²) in [7, 11) is 4.53. The van der Waals surface area contributed by atoms with Crippen molar-refractivity contribution in [3.63, 3.8) is 0 Å². The fourth-order valence-corrected chi connectivity index (χ4v) is 6.04. The summed E-state index contributed by atoms with van der Waals surface area (Å²) in [6.45, 7) is 5.52. The molecule has 3 aromatic rings. The van der Waals surface area contributed by atoms with E-state index >= 15 is 0 Å². The van der Waals surface area contributed by atoms with Gasteiger partial charge in [0.05, 0.1) is 34.5 Å². The van der Waals surface area contributed by atoms with E-state index in [2.05, 4.69) is 65.0 Å². The van der Waals surface area contributed by atoms with Crippen molar-refractivity contribution < 1.29 is 0 Å². The number of rotatable bonds is 3. The van der Waals surface area contributed by atoms with Crippen LogP contribution in [0.1, 0.15) is 61.3 Å². The largest absolute Gasteiger partial charge is 0.367 e. The predicted molar refractivity (Wildman–Crippen MR) is 129 cm³/mol. The minimum absolute atomic E-state index is 0.290. The Labute approximate surface area is 190 Å². The molecular formula is C26H34N6. The van der Waals surface area contributed by atoms with Crippen LogP contribution in [-0.4, -0.2) is 64.0 Å². The molecule has 0 radical (unpaired) electrons. The average molecular weight is 431 g/mol. The molecule has 4 heterocycles. The highest BCUT2D eigenvalue weighted by molar-refractivity contribution is 5.89. The van der Waals surface area contributed by atoms with Crippen molar-refractivity contribution in [2.24, 2.45) is 0 Å². The Bertz CT molecular complexity index is 1130. The molecule has 6 nitrogen and oxygen atoms in total. The van der Waals surface area contributed by atoms with Crippen LogP contribution in [0, 0.1) is 6.92 Å². The smallest absolute Gasteiger partial charge is 0.124 e. The summed E-state index contributed by atoms with van der Waals surface area (Å²) in [6, 6.07) is 11.4. The number of aryl methyl sites for hydroxylation is 1. The van der Waals surface area contributed by atoms with Crippen molar-refractivity contribution in [3.05, 3.63) is 53.6 Å². The van der Waals surface area contributed by atoms with Crippen LogP contribution < -0.4 is 4.90 Å².